The van der Waals surface area contributed by atoms with Gasteiger partial charge in [-0.25, -0.2) is 9.24 Å². The Morgan fingerprint density at radius 1 is 1.16 bits per heavy atom. The summed E-state index contributed by atoms with van der Waals surface area (Å²) >= 11 is 0. The number of halogens is 1. The average molecular weight is 515 g/mol. The SMILES string of the molecule is [C-]#[N+]c1ccc(O)cc1C1=C(C)c2c(ccc(O)c2F)OC1c1ccc(OC[C@H](C)N2CC[C@@H](C)C2)cc1. The van der Waals surface area contributed by atoms with Gasteiger partial charge in [-0.1, -0.05) is 25.1 Å². The van der Waals surface area contributed by atoms with Crippen LogP contribution in [-0.2, 0) is 0 Å². The molecule has 2 N–H and O–H groups in total. The van der Waals surface area contributed by atoms with E-state index in [4.69, 9.17) is 16.0 Å². The lowest BCUT2D eigenvalue weighted by Gasteiger charge is -2.32. The summed E-state index contributed by atoms with van der Waals surface area (Å²) in [5.41, 5.74) is 2.75. The van der Waals surface area contributed by atoms with Gasteiger partial charge in [0.25, 0.3) is 0 Å². The fraction of sp³-hybridized carbons (Fsp3) is 0.323. The molecule has 2 heterocycles. The van der Waals surface area contributed by atoms with E-state index in [-0.39, 0.29) is 11.3 Å². The smallest absolute Gasteiger partial charge is 0.195 e. The van der Waals surface area contributed by atoms with E-state index in [0.717, 1.165) is 30.3 Å². The molecule has 196 valence electrons. The summed E-state index contributed by atoms with van der Waals surface area (Å²) in [5.74, 6) is 0.469. The van der Waals surface area contributed by atoms with Crippen LogP contribution in [0.1, 0.15) is 50.0 Å². The fourth-order valence-electron chi connectivity index (χ4n) is 5.36. The third-order valence-corrected chi connectivity index (χ3v) is 7.51. The Morgan fingerprint density at radius 3 is 2.61 bits per heavy atom. The Labute approximate surface area is 222 Å². The monoisotopic (exact) mass is 514 g/mol. The lowest BCUT2D eigenvalue weighted by atomic mass is 9.85. The summed E-state index contributed by atoms with van der Waals surface area (Å²) in [5, 5.41) is 20.3. The summed E-state index contributed by atoms with van der Waals surface area (Å²) in [6.07, 6.45) is 0.546. The second-order valence-electron chi connectivity index (χ2n) is 10.2. The van der Waals surface area contributed by atoms with Crippen molar-refractivity contribution in [2.75, 3.05) is 19.7 Å². The molecule has 6 nitrogen and oxygen atoms in total. The minimum absolute atomic E-state index is 0.0149. The summed E-state index contributed by atoms with van der Waals surface area (Å²) in [6, 6.07) is 15.2. The number of nitrogens with zero attached hydrogens (tertiary/aromatic N) is 2. The van der Waals surface area contributed by atoms with Crippen molar-refractivity contribution < 1.29 is 24.1 Å². The number of benzene rings is 3. The van der Waals surface area contributed by atoms with Gasteiger partial charge in [0.15, 0.2) is 17.3 Å². The molecule has 2 aliphatic rings. The molecule has 0 radical (unpaired) electrons. The quantitative estimate of drug-likeness (QED) is 0.348. The van der Waals surface area contributed by atoms with Crippen LogP contribution in [0.2, 0.25) is 0 Å². The highest BCUT2D eigenvalue weighted by Gasteiger charge is 2.33. The van der Waals surface area contributed by atoms with Crippen molar-refractivity contribution in [1.82, 2.24) is 4.90 Å². The summed E-state index contributed by atoms with van der Waals surface area (Å²) in [7, 11) is 0. The number of likely N-dealkylation sites (tertiary alicyclic amines) is 1. The first kappa shape index (κ1) is 25.6. The Morgan fingerprint density at radius 2 is 1.92 bits per heavy atom. The zero-order valence-electron chi connectivity index (χ0n) is 21.7. The van der Waals surface area contributed by atoms with Crippen molar-refractivity contribution >= 4 is 16.8 Å². The first-order valence-corrected chi connectivity index (χ1v) is 12.8. The molecule has 1 saturated heterocycles. The van der Waals surface area contributed by atoms with Crippen molar-refractivity contribution in [3.8, 4) is 23.0 Å². The zero-order valence-corrected chi connectivity index (χ0v) is 21.7. The third kappa shape index (κ3) is 4.80. The van der Waals surface area contributed by atoms with Crippen LogP contribution in [0.25, 0.3) is 16.0 Å². The predicted octanol–water partition coefficient (Wildman–Crippen LogP) is 6.96. The number of allylic oxidation sites excluding steroid dienone is 1. The number of aromatic hydroxyl groups is 2. The van der Waals surface area contributed by atoms with E-state index in [0.29, 0.717) is 40.8 Å². The number of phenols is 2. The lowest BCUT2D eigenvalue weighted by Crippen LogP contribution is -2.35. The molecule has 0 bridgehead atoms. The molecule has 0 spiro atoms. The van der Waals surface area contributed by atoms with Gasteiger partial charge >= 0.3 is 0 Å². The van der Waals surface area contributed by atoms with Crippen LogP contribution in [0.3, 0.4) is 0 Å². The highest BCUT2D eigenvalue weighted by molar-refractivity contribution is 5.99. The minimum atomic E-state index is -0.786. The third-order valence-electron chi connectivity index (χ3n) is 7.51. The van der Waals surface area contributed by atoms with Gasteiger partial charge in [-0.2, -0.15) is 0 Å². The summed E-state index contributed by atoms with van der Waals surface area (Å²) in [6.45, 7) is 16.6. The van der Waals surface area contributed by atoms with Crippen LogP contribution in [0.15, 0.2) is 54.6 Å². The second-order valence-corrected chi connectivity index (χ2v) is 10.2. The minimum Gasteiger partial charge on any atom is -0.508 e. The Balaban J connectivity index is 1.49. The molecular weight excluding hydrogens is 483 g/mol. The van der Waals surface area contributed by atoms with E-state index in [2.05, 4.69) is 23.6 Å². The second kappa shape index (κ2) is 10.4. The van der Waals surface area contributed by atoms with E-state index in [1.165, 1.54) is 36.8 Å². The molecule has 5 rings (SSSR count). The zero-order chi connectivity index (χ0) is 27.0. The largest absolute Gasteiger partial charge is 0.508 e. The highest BCUT2D eigenvalue weighted by Crippen LogP contribution is 2.50. The molecular formula is C31H31FN2O4. The molecule has 0 amide bonds. The van der Waals surface area contributed by atoms with E-state index >= 15 is 4.39 Å². The molecule has 3 aromatic carbocycles. The summed E-state index contributed by atoms with van der Waals surface area (Å²) in [4.78, 5) is 6.07. The first-order valence-electron chi connectivity index (χ1n) is 12.8. The normalized spacial score (nSPS) is 20.0. The Bertz CT molecular complexity index is 1430. The van der Waals surface area contributed by atoms with Gasteiger partial charge in [0.2, 0.25) is 0 Å². The first-order chi connectivity index (χ1) is 18.3. The van der Waals surface area contributed by atoms with Crippen LogP contribution < -0.4 is 9.47 Å². The maximum atomic E-state index is 15.1. The van der Waals surface area contributed by atoms with Gasteiger partial charge in [-0.3, -0.25) is 4.90 Å². The van der Waals surface area contributed by atoms with Gasteiger partial charge in [0.1, 0.15) is 30.0 Å². The average Bonchev–Trinajstić information content (AvgIpc) is 3.35. The van der Waals surface area contributed by atoms with Crippen LogP contribution >= 0.6 is 0 Å². The summed E-state index contributed by atoms with van der Waals surface area (Å²) < 4.78 is 27.4. The van der Waals surface area contributed by atoms with Crippen molar-refractivity contribution in [3.05, 3.63) is 88.5 Å². The molecule has 0 saturated carbocycles. The highest BCUT2D eigenvalue weighted by atomic mass is 19.1. The number of fused-ring (bicyclic) bond motifs is 1. The van der Waals surface area contributed by atoms with Crippen molar-refractivity contribution in [2.24, 2.45) is 5.92 Å². The topological polar surface area (TPSA) is 66.5 Å². The number of rotatable bonds is 6. The van der Waals surface area contributed by atoms with Crippen molar-refractivity contribution in [3.63, 3.8) is 0 Å². The van der Waals surface area contributed by atoms with Crippen molar-refractivity contribution in [2.45, 2.75) is 39.3 Å². The molecule has 1 unspecified atom stereocenters. The molecule has 38 heavy (non-hydrogen) atoms. The van der Waals surface area contributed by atoms with E-state index in [1.54, 1.807) is 6.92 Å². The predicted molar refractivity (Wildman–Crippen MR) is 145 cm³/mol. The number of phenolic OH excluding ortho intramolecular Hbond substituents is 2. The molecule has 1 fully saturated rings. The molecule has 0 aliphatic carbocycles. The van der Waals surface area contributed by atoms with E-state index in [9.17, 15) is 10.2 Å². The number of ether oxygens (including phenoxy) is 2. The van der Waals surface area contributed by atoms with Gasteiger partial charge in [0, 0.05) is 12.6 Å². The van der Waals surface area contributed by atoms with Gasteiger partial charge in [-0.15, -0.1) is 0 Å². The number of hydrogen-bond acceptors (Lipinski definition) is 5. The number of hydrogen-bond donors (Lipinski definition) is 2. The maximum Gasteiger partial charge on any atom is 0.195 e. The van der Waals surface area contributed by atoms with Gasteiger partial charge in [0.05, 0.1) is 12.1 Å². The van der Waals surface area contributed by atoms with Crippen molar-refractivity contribution in [1.29, 1.82) is 0 Å². The molecule has 3 atom stereocenters. The molecule has 3 aromatic rings. The van der Waals surface area contributed by atoms with Crippen LogP contribution in [0.4, 0.5) is 10.1 Å². The van der Waals surface area contributed by atoms with Crippen LogP contribution in [0, 0.1) is 18.3 Å². The maximum absolute atomic E-state index is 15.1. The fourth-order valence-corrected chi connectivity index (χ4v) is 5.36. The van der Waals surface area contributed by atoms with E-state index in [1.807, 2.05) is 24.3 Å². The van der Waals surface area contributed by atoms with Gasteiger partial charge < -0.3 is 19.7 Å². The van der Waals surface area contributed by atoms with Gasteiger partial charge in [-0.05, 0) is 91.4 Å². The van der Waals surface area contributed by atoms with E-state index < -0.39 is 17.7 Å². The molecule has 2 aliphatic heterocycles. The molecule has 0 aromatic heterocycles. The Kier molecular flexibility index (Phi) is 7.00. The Hall–Kier alpha value is -4.02. The lowest BCUT2D eigenvalue weighted by molar-refractivity contribution is 0.169. The molecule has 7 heteroatoms. The van der Waals surface area contributed by atoms with Crippen LogP contribution in [-0.4, -0.2) is 40.9 Å². The standard InChI is InChI=1S/C31H31FN2O4/c1-18-13-14-34(16-18)19(2)17-37-23-8-5-21(6-9-23)31-28(24-15-22(35)7-10-25(24)33-4)20(3)29-27(38-31)12-11-26(36)30(29)32/h5-12,15,18-19,31,35-36H,13-14,16-17H2,1-3H3/t18-,19+,31?/m1/s1. The van der Waals surface area contributed by atoms with Crippen LogP contribution in [0.5, 0.6) is 23.0 Å².